The smallest absolute Gasteiger partial charge is 0.387 e. The molecule has 0 radical (unpaired) electrons. The van der Waals surface area contributed by atoms with Gasteiger partial charge in [-0.2, -0.15) is 19.3 Å². The number of nitrogens with zero attached hydrogens (tertiary/aromatic N) is 4. The van der Waals surface area contributed by atoms with Gasteiger partial charge in [0.15, 0.2) is 0 Å². The first-order valence-corrected chi connectivity index (χ1v) is 5.83. The number of H-pyrrole nitrogens is 1. The van der Waals surface area contributed by atoms with Crippen LogP contribution in [0, 0.1) is 11.3 Å². The van der Waals surface area contributed by atoms with Gasteiger partial charge in [0.2, 0.25) is 5.82 Å². The zero-order valence-corrected chi connectivity index (χ0v) is 11.0. The van der Waals surface area contributed by atoms with Gasteiger partial charge in [0.1, 0.15) is 17.4 Å². The number of halogens is 3. The van der Waals surface area contributed by atoms with Gasteiger partial charge in [0.05, 0.1) is 5.02 Å². The number of anilines is 1. The van der Waals surface area contributed by atoms with Crippen LogP contribution in [0.2, 0.25) is 5.02 Å². The molecule has 0 atom stereocenters. The number of tetrazole rings is 1. The first kappa shape index (κ1) is 14.7. The Bertz CT molecular complexity index is 683. The summed E-state index contributed by atoms with van der Waals surface area (Å²) >= 11 is 5.80. The number of aromatic nitrogens is 4. The van der Waals surface area contributed by atoms with Crippen molar-refractivity contribution in [1.82, 2.24) is 20.6 Å². The van der Waals surface area contributed by atoms with Crippen LogP contribution in [0.5, 0.6) is 5.75 Å². The minimum absolute atomic E-state index is 0.00627. The van der Waals surface area contributed by atoms with Crippen LogP contribution in [0.1, 0.15) is 5.82 Å². The fourth-order valence-electron chi connectivity index (χ4n) is 1.36. The van der Waals surface area contributed by atoms with Crippen LogP contribution in [-0.2, 0) is 0 Å². The standard InChI is InChI=1S/C11H7ClF2N6O/c12-8-3-7(1-2-9(8)21-11(13)14)16-5-6(4-15)10-17-19-20-18-10/h1-3,5,11,16H,(H,17,18,19,20). The van der Waals surface area contributed by atoms with E-state index in [2.05, 4.69) is 30.7 Å². The third kappa shape index (κ3) is 3.87. The molecule has 1 aromatic carbocycles. The van der Waals surface area contributed by atoms with E-state index >= 15 is 0 Å². The molecule has 2 aromatic rings. The van der Waals surface area contributed by atoms with E-state index in [9.17, 15) is 8.78 Å². The van der Waals surface area contributed by atoms with Crippen LogP contribution in [-0.4, -0.2) is 27.2 Å². The number of benzene rings is 1. The molecule has 0 amide bonds. The number of alkyl halides is 2. The molecular formula is C11H7ClF2N6O. The van der Waals surface area contributed by atoms with E-state index in [0.717, 1.165) is 0 Å². The molecule has 7 nitrogen and oxygen atoms in total. The van der Waals surface area contributed by atoms with Crippen molar-refractivity contribution in [2.45, 2.75) is 6.61 Å². The summed E-state index contributed by atoms with van der Waals surface area (Å²) in [6, 6.07) is 6.01. The Labute approximate surface area is 122 Å². The van der Waals surface area contributed by atoms with E-state index in [4.69, 9.17) is 16.9 Å². The number of ether oxygens (including phenoxy) is 1. The molecule has 108 valence electrons. The molecule has 0 saturated heterocycles. The highest BCUT2D eigenvalue weighted by molar-refractivity contribution is 6.32. The van der Waals surface area contributed by atoms with Gasteiger partial charge in [-0.25, -0.2) is 0 Å². The summed E-state index contributed by atoms with van der Waals surface area (Å²) in [5.74, 6) is -0.0198. The summed E-state index contributed by atoms with van der Waals surface area (Å²) in [4.78, 5) is 0. The van der Waals surface area contributed by atoms with Crippen molar-refractivity contribution in [3.05, 3.63) is 35.2 Å². The number of aromatic amines is 1. The van der Waals surface area contributed by atoms with Crippen molar-refractivity contribution >= 4 is 22.9 Å². The molecule has 1 aromatic heterocycles. The zero-order valence-electron chi connectivity index (χ0n) is 10.2. The summed E-state index contributed by atoms with van der Waals surface area (Å²) in [6.45, 7) is -2.95. The van der Waals surface area contributed by atoms with Gasteiger partial charge in [0, 0.05) is 11.9 Å². The number of allylic oxidation sites excluding steroid dienone is 1. The van der Waals surface area contributed by atoms with Gasteiger partial charge in [-0.05, 0) is 23.4 Å². The molecule has 2 rings (SSSR count). The average Bonchev–Trinajstić information content (AvgIpc) is 2.96. The van der Waals surface area contributed by atoms with Gasteiger partial charge in [-0.15, -0.1) is 10.2 Å². The maximum Gasteiger partial charge on any atom is 0.387 e. The minimum atomic E-state index is -2.95. The second kappa shape index (κ2) is 6.62. The van der Waals surface area contributed by atoms with E-state index in [-0.39, 0.29) is 22.2 Å². The first-order valence-electron chi connectivity index (χ1n) is 5.45. The Balaban J connectivity index is 2.13. The maximum absolute atomic E-state index is 12.1. The van der Waals surface area contributed by atoms with Crippen molar-refractivity contribution in [2.24, 2.45) is 0 Å². The summed E-state index contributed by atoms with van der Waals surface area (Å²) in [5.41, 5.74) is 0.602. The molecule has 2 N–H and O–H groups in total. The Hall–Kier alpha value is -2.73. The van der Waals surface area contributed by atoms with Crippen LogP contribution in [0.3, 0.4) is 0 Å². The highest BCUT2D eigenvalue weighted by Crippen LogP contribution is 2.29. The first-order chi connectivity index (χ1) is 10.1. The van der Waals surface area contributed by atoms with Crippen LogP contribution in [0.25, 0.3) is 5.57 Å². The molecule has 1 heterocycles. The lowest BCUT2D eigenvalue weighted by Crippen LogP contribution is -2.02. The molecule has 21 heavy (non-hydrogen) atoms. The number of hydrogen-bond donors (Lipinski definition) is 2. The van der Waals surface area contributed by atoms with Crippen molar-refractivity contribution < 1.29 is 13.5 Å². The molecule has 0 aliphatic rings. The minimum Gasteiger partial charge on any atom is -0.433 e. The van der Waals surface area contributed by atoms with Gasteiger partial charge >= 0.3 is 6.61 Å². The predicted octanol–water partition coefficient (Wildman–Crippen LogP) is 2.43. The van der Waals surface area contributed by atoms with E-state index in [1.54, 1.807) is 0 Å². The molecule has 0 aliphatic heterocycles. The third-order valence-corrected chi connectivity index (χ3v) is 2.53. The molecular weight excluding hydrogens is 306 g/mol. The van der Waals surface area contributed by atoms with Gasteiger partial charge in [-0.3, -0.25) is 0 Å². The van der Waals surface area contributed by atoms with Gasteiger partial charge < -0.3 is 10.1 Å². The van der Waals surface area contributed by atoms with Crippen LogP contribution in [0.4, 0.5) is 14.5 Å². The fraction of sp³-hybridized carbons (Fsp3) is 0.0909. The van der Waals surface area contributed by atoms with E-state index in [1.165, 1.54) is 24.4 Å². The van der Waals surface area contributed by atoms with Crippen molar-refractivity contribution in [3.8, 4) is 11.8 Å². The van der Waals surface area contributed by atoms with Gasteiger partial charge in [-0.1, -0.05) is 11.6 Å². The Kier molecular flexibility index (Phi) is 4.63. The molecule has 0 bridgehead atoms. The molecule has 0 unspecified atom stereocenters. The van der Waals surface area contributed by atoms with Crippen molar-refractivity contribution in [3.63, 3.8) is 0 Å². The number of rotatable bonds is 5. The van der Waals surface area contributed by atoms with Gasteiger partial charge in [0.25, 0.3) is 0 Å². The van der Waals surface area contributed by atoms with E-state index in [1.807, 2.05) is 6.07 Å². The second-order valence-electron chi connectivity index (χ2n) is 3.57. The highest BCUT2D eigenvalue weighted by Gasteiger charge is 2.09. The SMILES string of the molecule is N#CC(=CNc1ccc(OC(F)F)c(Cl)c1)c1nn[nH]n1. The number of hydrogen-bond acceptors (Lipinski definition) is 6. The maximum atomic E-state index is 12.1. The number of nitrogens with one attached hydrogen (secondary N) is 2. The molecule has 0 spiro atoms. The Morgan fingerprint density at radius 2 is 2.33 bits per heavy atom. The predicted molar refractivity (Wildman–Crippen MR) is 69.5 cm³/mol. The summed E-state index contributed by atoms with van der Waals surface area (Å²) in [5, 5.41) is 24.6. The van der Waals surface area contributed by atoms with Crippen LogP contribution in [0.15, 0.2) is 24.4 Å². The van der Waals surface area contributed by atoms with E-state index < -0.39 is 6.61 Å². The molecule has 10 heteroatoms. The van der Waals surface area contributed by atoms with Crippen LogP contribution < -0.4 is 10.1 Å². The summed E-state index contributed by atoms with van der Waals surface area (Å²) in [7, 11) is 0. The van der Waals surface area contributed by atoms with Crippen LogP contribution >= 0.6 is 11.6 Å². The normalized spacial score (nSPS) is 11.3. The molecule has 0 saturated carbocycles. The average molecular weight is 313 g/mol. The molecule has 0 aliphatic carbocycles. The zero-order chi connectivity index (χ0) is 15.2. The fourth-order valence-corrected chi connectivity index (χ4v) is 1.59. The second-order valence-corrected chi connectivity index (χ2v) is 3.98. The summed E-state index contributed by atoms with van der Waals surface area (Å²) in [6.07, 6.45) is 1.34. The number of nitriles is 1. The summed E-state index contributed by atoms with van der Waals surface area (Å²) < 4.78 is 28.4. The lowest BCUT2D eigenvalue weighted by molar-refractivity contribution is -0.0497. The third-order valence-electron chi connectivity index (χ3n) is 2.24. The highest BCUT2D eigenvalue weighted by atomic mass is 35.5. The Morgan fingerprint density at radius 3 is 2.90 bits per heavy atom. The largest absolute Gasteiger partial charge is 0.433 e. The lowest BCUT2D eigenvalue weighted by atomic mass is 10.2. The topological polar surface area (TPSA) is 99.5 Å². The lowest BCUT2D eigenvalue weighted by Gasteiger charge is -2.08. The van der Waals surface area contributed by atoms with Crippen molar-refractivity contribution in [2.75, 3.05) is 5.32 Å². The van der Waals surface area contributed by atoms with Crippen molar-refractivity contribution in [1.29, 1.82) is 5.26 Å². The van der Waals surface area contributed by atoms with E-state index in [0.29, 0.717) is 5.69 Å². The monoisotopic (exact) mass is 312 g/mol. The molecule has 0 fully saturated rings. The quantitative estimate of drug-likeness (QED) is 0.823. The Morgan fingerprint density at radius 1 is 1.52 bits per heavy atom.